The van der Waals surface area contributed by atoms with Gasteiger partial charge in [-0.3, -0.25) is 9.69 Å². The van der Waals surface area contributed by atoms with Crippen LogP contribution in [0.5, 0.6) is 5.75 Å². The number of hydrogen-bond donors (Lipinski definition) is 0. The summed E-state index contributed by atoms with van der Waals surface area (Å²) in [5.41, 5.74) is 1.37. The third-order valence-corrected chi connectivity index (χ3v) is 6.03. The molecule has 0 aromatic heterocycles. The first kappa shape index (κ1) is 26.0. The van der Waals surface area contributed by atoms with Crippen molar-refractivity contribution in [3.63, 3.8) is 0 Å². The van der Waals surface area contributed by atoms with Crippen LogP contribution in [0.4, 0.5) is 0 Å². The van der Waals surface area contributed by atoms with Gasteiger partial charge in [-0.2, -0.15) is 0 Å². The fraction of sp³-hybridized carbons (Fsp3) is 0.481. The molecule has 0 aliphatic carbocycles. The van der Waals surface area contributed by atoms with Crippen LogP contribution in [0.25, 0.3) is 0 Å². The van der Waals surface area contributed by atoms with E-state index in [0.717, 1.165) is 17.7 Å². The maximum absolute atomic E-state index is 13.0. The fourth-order valence-electron chi connectivity index (χ4n) is 4.18. The van der Waals surface area contributed by atoms with Crippen molar-refractivity contribution in [2.45, 2.75) is 65.3 Å². The normalized spacial score (nSPS) is 19.1. The molecule has 0 spiro atoms. The summed E-state index contributed by atoms with van der Waals surface area (Å²) in [6, 6.07) is 15.5. The fourth-order valence-corrected chi connectivity index (χ4v) is 4.37. The molecule has 3 rings (SSSR count). The van der Waals surface area contributed by atoms with Crippen LogP contribution in [0.1, 0.15) is 45.7 Å². The average Bonchev–Trinajstić information content (AvgIpc) is 2.75. The second-order valence-electron chi connectivity index (χ2n) is 9.96. The average molecular weight is 487 g/mol. The third-order valence-electron chi connectivity index (χ3n) is 5.80. The highest BCUT2D eigenvalue weighted by molar-refractivity contribution is 6.30. The van der Waals surface area contributed by atoms with Crippen LogP contribution < -0.4 is 4.74 Å². The number of nitrogens with zero attached hydrogens (tertiary/aromatic N) is 2. The summed E-state index contributed by atoms with van der Waals surface area (Å²) in [6.07, 6.45) is 0.412. The van der Waals surface area contributed by atoms with Gasteiger partial charge in [0, 0.05) is 42.3 Å². The zero-order valence-electron chi connectivity index (χ0n) is 20.7. The molecule has 0 radical (unpaired) electrons. The lowest BCUT2D eigenvalue weighted by molar-refractivity contribution is -0.157. The minimum Gasteiger partial charge on any atom is -0.482 e. The Balaban J connectivity index is 1.64. The van der Waals surface area contributed by atoms with Crippen molar-refractivity contribution in [3.8, 4) is 5.75 Å². The summed E-state index contributed by atoms with van der Waals surface area (Å²) in [5, 5.41) is 0.608. The number of piperazine rings is 1. The lowest BCUT2D eigenvalue weighted by Crippen LogP contribution is -2.57. The SMILES string of the molecule is CC1CN(C(=O)Cc2ccccc2)C(C)CN1Cc1cc(Cl)ccc1OCC(=O)OC(C)(C)C. The lowest BCUT2D eigenvalue weighted by atomic mass is 10.0. The molecule has 1 aliphatic rings. The smallest absolute Gasteiger partial charge is 0.344 e. The van der Waals surface area contributed by atoms with Crippen molar-refractivity contribution in [2.75, 3.05) is 19.7 Å². The van der Waals surface area contributed by atoms with Gasteiger partial charge in [-0.05, 0) is 58.4 Å². The molecule has 1 saturated heterocycles. The van der Waals surface area contributed by atoms with Crippen LogP contribution in [0.3, 0.4) is 0 Å². The van der Waals surface area contributed by atoms with Gasteiger partial charge in [-0.25, -0.2) is 4.79 Å². The minimum absolute atomic E-state index is 0.0812. The summed E-state index contributed by atoms with van der Waals surface area (Å²) in [5.74, 6) is 0.341. The van der Waals surface area contributed by atoms with Gasteiger partial charge in [0.1, 0.15) is 11.4 Å². The van der Waals surface area contributed by atoms with Crippen LogP contribution in [0.15, 0.2) is 48.5 Å². The number of ether oxygens (including phenoxy) is 2. The van der Waals surface area contributed by atoms with E-state index in [0.29, 0.717) is 30.3 Å². The Morgan fingerprint density at radius 3 is 2.41 bits per heavy atom. The Morgan fingerprint density at radius 1 is 1.03 bits per heavy atom. The molecule has 0 N–H and O–H groups in total. The van der Waals surface area contributed by atoms with Gasteiger partial charge in [0.2, 0.25) is 5.91 Å². The first-order valence-corrected chi connectivity index (χ1v) is 12.1. The van der Waals surface area contributed by atoms with Crippen molar-refractivity contribution in [1.29, 1.82) is 0 Å². The number of carbonyl (C=O) groups excluding carboxylic acids is 2. The van der Waals surface area contributed by atoms with Gasteiger partial charge in [-0.1, -0.05) is 41.9 Å². The molecule has 2 atom stereocenters. The van der Waals surface area contributed by atoms with Crippen LogP contribution >= 0.6 is 11.6 Å². The summed E-state index contributed by atoms with van der Waals surface area (Å²) >= 11 is 6.27. The van der Waals surface area contributed by atoms with Crippen LogP contribution in [-0.2, 0) is 27.3 Å². The quantitative estimate of drug-likeness (QED) is 0.530. The second-order valence-corrected chi connectivity index (χ2v) is 10.4. The Hall–Kier alpha value is -2.57. The molecule has 1 fully saturated rings. The summed E-state index contributed by atoms with van der Waals surface area (Å²) in [7, 11) is 0. The highest BCUT2D eigenvalue weighted by Gasteiger charge is 2.32. The van der Waals surface area contributed by atoms with E-state index in [2.05, 4.69) is 18.7 Å². The molecule has 2 aromatic carbocycles. The van der Waals surface area contributed by atoms with Crippen molar-refractivity contribution in [3.05, 3.63) is 64.7 Å². The van der Waals surface area contributed by atoms with E-state index >= 15 is 0 Å². The molecular formula is C27H35ClN2O4. The second kappa shape index (κ2) is 11.2. The van der Waals surface area contributed by atoms with Crippen molar-refractivity contribution in [2.24, 2.45) is 0 Å². The molecule has 0 bridgehead atoms. The predicted octanol–water partition coefficient (Wildman–Crippen LogP) is 4.72. The highest BCUT2D eigenvalue weighted by Crippen LogP contribution is 2.27. The van der Waals surface area contributed by atoms with Crippen molar-refractivity contribution >= 4 is 23.5 Å². The number of carbonyl (C=O) groups is 2. The standard InChI is InChI=1S/C27H35ClN2O4/c1-19-16-30(25(31)13-21-9-7-6-8-10-21)20(2)15-29(19)17-22-14-23(28)11-12-24(22)33-18-26(32)34-27(3,4)5/h6-12,14,19-20H,13,15-18H2,1-5H3. The predicted molar refractivity (Wildman–Crippen MR) is 134 cm³/mol. The number of esters is 1. The molecule has 1 aliphatic heterocycles. The van der Waals surface area contributed by atoms with E-state index in [1.165, 1.54) is 0 Å². The van der Waals surface area contributed by atoms with E-state index in [9.17, 15) is 9.59 Å². The van der Waals surface area contributed by atoms with Gasteiger partial charge in [0.15, 0.2) is 6.61 Å². The first-order chi connectivity index (χ1) is 16.0. The molecule has 7 heteroatoms. The van der Waals surface area contributed by atoms with E-state index < -0.39 is 11.6 Å². The summed E-state index contributed by atoms with van der Waals surface area (Å²) in [6.45, 7) is 11.5. The van der Waals surface area contributed by atoms with E-state index in [1.807, 2.05) is 62.1 Å². The molecule has 2 unspecified atom stereocenters. The zero-order valence-corrected chi connectivity index (χ0v) is 21.5. The molecule has 2 aromatic rings. The molecule has 1 amide bonds. The molecule has 34 heavy (non-hydrogen) atoms. The topological polar surface area (TPSA) is 59.1 Å². The Labute approximate surface area is 207 Å². The van der Waals surface area contributed by atoms with Gasteiger partial charge in [0.05, 0.1) is 6.42 Å². The first-order valence-electron chi connectivity index (χ1n) is 11.7. The van der Waals surface area contributed by atoms with Crippen molar-refractivity contribution < 1.29 is 19.1 Å². The number of rotatable bonds is 7. The number of benzene rings is 2. The van der Waals surface area contributed by atoms with Crippen LogP contribution in [0.2, 0.25) is 5.02 Å². The van der Waals surface area contributed by atoms with E-state index in [-0.39, 0.29) is 24.6 Å². The van der Waals surface area contributed by atoms with Gasteiger partial charge in [0.25, 0.3) is 0 Å². The molecule has 1 heterocycles. The number of amides is 1. The van der Waals surface area contributed by atoms with Gasteiger partial charge < -0.3 is 14.4 Å². The summed E-state index contributed by atoms with van der Waals surface area (Å²) in [4.78, 5) is 29.4. The Morgan fingerprint density at radius 2 is 1.74 bits per heavy atom. The van der Waals surface area contributed by atoms with E-state index in [1.54, 1.807) is 12.1 Å². The molecular weight excluding hydrogens is 452 g/mol. The molecule has 0 saturated carbocycles. The Bertz CT molecular complexity index is 990. The van der Waals surface area contributed by atoms with Gasteiger partial charge in [-0.15, -0.1) is 0 Å². The van der Waals surface area contributed by atoms with E-state index in [4.69, 9.17) is 21.1 Å². The largest absolute Gasteiger partial charge is 0.482 e. The van der Waals surface area contributed by atoms with Crippen molar-refractivity contribution in [1.82, 2.24) is 9.80 Å². The Kier molecular flexibility index (Phi) is 8.61. The zero-order chi connectivity index (χ0) is 24.9. The summed E-state index contributed by atoms with van der Waals surface area (Å²) < 4.78 is 11.1. The maximum atomic E-state index is 13.0. The maximum Gasteiger partial charge on any atom is 0.344 e. The lowest BCUT2D eigenvalue weighted by Gasteiger charge is -2.44. The van der Waals surface area contributed by atoms with Crippen LogP contribution in [0, 0.1) is 0 Å². The number of halogens is 1. The molecule has 184 valence electrons. The highest BCUT2D eigenvalue weighted by atomic mass is 35.5. The minimum atomic E-state index is -0.563. The third kappa shape index (κ3) is 7.47. The monoisotopic (exact) mass is 486 g/mol. The van der Waals surface area contributed by atoms with Gasteiger partial charge >= 0.3 is 5.97 Å². The number of hydrogen-bond acceptors (Lipinski definition) is 5. The van der Waals surface area contributed by atoms with Crippen LogP contribution in [-0.4, -0.2) is 59.1 Å². The molecule has 6 nitrogen and oxygen atoms in total.